The molecule has 0 spiro atoms. The number of nitrogens with zero attached hydrogens (tertiary/aromatic N) is 3. The van der Waals surface area contributed by atoms with Crippen LogP contribution in [-0.4, -0.2) is 26.1 Å². The Morgan fingerprint density at radius 1 is 1.33 bits per heavy atom. The van der Waals surface area contributed by atoms with Gasteiger partial charge in [-0.2, -0.15) is 0 Å². The second-order valence-electron chi connectivity index (χ2n) is 3.04. The summed E-state index contributed by atoms with van der Waals surface area (Å²) in [5, 5.41) is 16.1. The van der Waals surface area contributed by atoms with Crippen LogP contribution in [0.5, 0.6) is 0 Å². The number of aliphatic carboxylic acids is 1. The molecule has 0 atom stereocenters. The van der Waals surface area contributed by atoms with Gasteiger partial charge in [0.25, 0.3) is 0 Å². The fraction of sp³-hybridized carbons (Fsp3) is 0.100. The van der Waals surface area contributed by atoms with Crippen molar-refractivity contribution in [3.05, 3.63) is 36.5 Å². The molecule has 5 heteroatoms. The van der Waals surface area contributed by atoms with Gasteiger partial charge in [-0.25, -0.2) is 4.68 Å². The van der Waals surface area contributed by atoms with Crippen molar-refractivity contribution in [1.82, 2.24) is 15.0 Å². The fourth-order valence-corrected chi connectivity index (χ4v) is 1.34. The second-order valence-corrected chi connectivity index (χ2v) is 3.04. The van der Waals surface area contributed by atoms with Gasteiger partial charge >= 0.3 is 5.97 Å². The van der Waals surface area contributed by atoms with E-state index in [4.69, 9.17) is 5.11 Å². The number of rotatable bonds is 3. The smallest absolute Gasteiger partial charge is 0.325 e. The van der Waals surface area contributed by atoms with Gasteiger partial charge in [0.1, 0.15) is 6.54 Å². The number of carbonyl (C=O) groups is 1. The number of carboxylic acid groups (broad SMARTS) is 1. The zero-order valence-corrected chi connectivity index (χ0v) is 7.87. The lowest BCUT2D eigenvalue weighted by molar-refractivity contribution is -0.137. The normalized spacial score (nSPS) is 10.1. The average molecular weight is 203 g/mol. The lowest BCUT2D eigenvalue weighted by Gasteiger charge is -2.02. The predicted molar refractivity (Wildman–Crippen MR) is 53.1 cm³/mol. The summed E-state index contributed by atoms with van der Waals surface area (Å²) in [6.45, 7) is -0.176. The van der Waals surface area contributed by atoms with E-state index in [1.54, 1.807) is 6.20 Å². The Balaban J connectivity index is 2.37. The first-order chi connectivity index (χ1) is 7.27. The third-order valence-electron chi connectivity index (χ3n) is 1.97. The molecule has 1 aromatic heterocycles. The largest absolute Gasteiger partial charge is 0.480 e. The van der Waals surface area contributed by atoms with E-state index in [-0.39, 0.29) is 6.54 Å². The molecule has 15 heavy (non-hydrogen) atoms. The molecule has 0 aliphatic heterocycles. The molecule has 2 rings (SSSR count). The molecular formula is C10H9N3O2. The van der Waals surface area contributed by atoms with Crippen molar-refractivity contribution in [2.45, 2.75) is 6.54 Å². The standard InChI is InChI=1S/C10H9N3O2/c14-10(15)7-13-9(6-11-12-13)8-4-2-1-3-5-8/h1-6H,7H2,(H,14,15). The van der Waals surface area contributed by atoms with E-state index in [9.17, 15) is 4.79 Å². The van der Waals surface area contributed by atoms with E-state index in [1.807, 2.05) is 30.3 Å². The van der Waals surface area contributed by atoms with Crippen LogP contribution in [0.15, 0.2) is 36.5 Å². The van der Waals surface area contributed by atoms with Crippen molar-refractivity contribution >= 4 is 5.97 Å². The zero-order chi connectivity index (χ0) is 10.7. The van der Waals surface area contributed by atoms with Crippen molar-refractivity contribution in [3.63, 3.8) is 0 Å². The molecule has 1 N–H and O–H groups in total. The maximum Gasteiger partial charge on any atom is 0.325 e. The van der Waals surface area contributed by atoms with Gasteiger partial charge in [-0.15, -0.1) is 5.10 Å². The SMILES string of the molecule is O=C(O)Cn1nncc1-c1ccccc1. The fourth-order valence-electron chi connectivity index (χ4n) is 1.34. The van der Waals surface area contributed by atoms with E-state index >= 15 is 0 Å². The maximum absolute atomic E-state index is 10.6. The minimum atomic E-state index is -0.933. The van der Waals surface area contributed by atoms with Crippen LogP contribution < -0.4 is 0 Å². The van der Waals surface area contributed by atoms with Crippen LogP contribution in [0.1, 0.15) is 0 Å². The molecule has 1 aromatic carbocycles. The summed E-state index contributed by atoms with van der Waals surface area (Å²) in [5.41, 5.74) is 1.61. The van der Waals surface area contributed by atoms with Crippen molar-refractivity contribution in [2.24, 2.45) is 0 Å². The predicted octanol–water partition coefficient (Wildman–Crippen LogP) is 1.03. The van der Waals surface area contributed by atoms with Crippen LogP contribution in [-0.2, 0) is 11.3 Å². The third-order valence-corrected chi connectivity index (χ3v) is 1.97. The van der Waals surface area contributed by atoms with E-state index in [1.165, 1.54) is 4.68 Å². The first kappa shape index (κ1) is 9.39. The average Bonchev–Trinajstić information content (AvgIpc) is 2.66. The number of aromatic nitrogens is 3. The summed E-state index contributed by atoms with van der Waals surface area (Å²) in [6, 6.07) is 9.43. The van der Waals surface area contributed by atoms with E-state index in [0.29, 0.717) is 5.69 Å². The van der Waals surface area contributed by atoms with Crippen molar-refractivity contribution in [1.29, 1.82) is 0 Å². The highest BCUT2D eigenvalue weighted by molar-refractivity contribution is 5.68. The minimum Gasteiger partial charge on any atom is -0.480 e. The van der Waals surface area contributed by atoms with Gasteiger partial charge in [0.05, 0.1) is 11.9 Å². The molecule has 0 saturated heterocycles. The second kappa shape index (κ2) is 3.91. The van der Waals surface area contributed by atoms with Crippen LogP contribution in [0.4, 0.5) is 0 Å². The van der Waals surface area contributed by atoms with Gasteiger partial charge in [-0.1, -0.05) is 35.5 Å². The first-order valence-electron chi connectivity index (χ1n) is 4.43. The highest BCUT2D eigenvalue weighted by Gasteiger charge is 2.08. The first-order valence-corrected chi connectivity index (χ1v) is 4.43. The van der Waals surface area contributed by atoms with Gasteiger partial charge < -0.3 is 5.11 Å². The quantitative estimate of drug-likeness (QED) is 0.808. The van der Waals surface area contributed by atoms with Crippen LogP contribution >= 0.6 is 0 Å². The van der Waals surface area contributed by atoms with E-state index in [2.05, 4.69) is 10.3 Å². The molecule has 0 bridgehead atoms. The number of carboxylic acids is 1. The molecule has 5 nitrogen and oxygen atoms in total. The van der Waals surface area contributed by atoms with Gasteiger partial charge in [0, 0.05) is 5.56 Å². The van der Waals surface area contributed by atoms with Crippen LogP contribution in [0.25, 0.3) is 11.3 Å². The molecule has 0 radical (unpaired) electrons. The molecule has 0 aliphatic carbocycles. The van der Waals surface area contributed by atoms with E-state index in [0.717, 1.165) is 5.56 Å². The van der Waals surface area contributed by atoms with Gasteiger partial charge in [0.2, 0.25) is 0 Å². The minimum absolute atomic E-state index is 0.176. The monoisotopic (exact) mass is 203 g/mol. The maximum atomic E-state index is 10.6. The van der Waals surface area contributed by atoms with Crippen molar-refractivity contribution in [2.75, 3.05) is 0 Å². The Labute approximate surface area is 86.0 Å². The highest BCUT2D eigenvalue weighted by atomic mass is 16.4. The Morgan fingerprint density at radius 3 is 2.73 bits per heavy atom. The van der Waals surface area contributed by atoms with Crippen LogP contribution in [0, 0.1) is 0 Å². The molecule has 0 unspecified atom stereocenters. The summed E-state index contributed by atoms with van der Waals surface area (Å²) in [6.07, 6.45) is 1.55. The highest BCUT2D eigenvalue weighted by Crippen LogP contribution is 2.16. The Kier molecular flexibility index (Phi) is 2.45. The lowest BCUT2D eigenvalue weighted by Crippen LogP contribution is -2.11. The molecule has 76 valence electrons. The van der Waals surface area contributed by atoms with Crippen LogP contribution in [0.3, 0.4) is 0 Å². The summed E-state index contributed by atoms with van der Waals surface area (Å²) < 4.78 is 1.36. The molecule has 0 amide bonds. The summed E-state index contributed by atoms with van der Waals surface area (Å²) >= 11 is 0. The summed E-state index contributed by atoms with van der Waals surface area (Å²) in [5.74, 6) is -0.933. The zero-order valence-electron chi connectivity index (χ0n) is 7.87. The molecule has 0 aliphatic rings. The number of hydrogen-bond acceptors (Lipinski definition) is 3. The van der Waals surface area contributed by atoms with Crippen molar-refractivity contribution in [3.8, 4) is 11.3 Å². The molecule has 2 aromatic rings. The molecule has 1 heterocycles. The number of hydrogen-bond donors (Lipinski definition) is 1. The van der Waals surface area contributed by atoms with Crippen molar-refractivity contribution < 1.29 is 9.90 Å². The summed E-state index contributed by atoms with van der Waals surface area (Å²) in [4.78, 5) is 10.6. The Bertz CT molecular complexity index is 465. The van der Waals surface area contributed by atoms with Crippen LogP contribution in [0.2, 0.25) is 0 Å². The van der Waals surface area contributed by atoms with E-state index < -0.39 is 5.97 Å². The third kappa shape index (κ3) is 2.01. The topological polar surface area (TPSA) is 68.0 Å². The Morgan fingerprint density at radius 2 is 2.07 bits per heavy atom. The number of benzene rings is 1. The Hall–Kier alpha value is -2.17. The lowest BCUT2D eigenvalue weighted by atomic mass is 10.2. The van der Waals surface area contributed by atoms with Gasteiger partial charge in [-0.3, -0.25) is 4.79 Å². The van der Waals surface area contributed by atoms with Gasteiger partial charge in [0.15, 0.2) is 0 Å². The molecular weight excluding hydrogens is 194 g/mol. The summed E-state index contributed by atoms with van der Waals surface area (Å²) in [7, 11) is 0. The molecule has 0 saturated carbocycles. The van der Waals surface area contributed by atoms with Gasteiger partial charge in [-0.05, 0) is 0 Å². The molecule has 0 fully saturated rings.